The molecule has 1 heterocycles. The highest BCUT2D eigenvalue weighted by Crippen LogP contribution is 2.29. The summed E-state index contributed by atoms with van der Waals surface area (Å²) in [7, 11) is 1.63. The van der Waals surface area contributed by atoms with Crippen molar-refractivity contribution in [3.8, 4) is 22.8 Å². The standard InChI is InChI=1S/C25H23ClN4O2S/c1-16-12-17(2)14-20(13-16)27-23(31)15-33-25-29-28-24(18-4-6-19(26)7-5-18)30(25)21-8-10-22(32-3)11-9-21/h4-14H,15H2,1-3H3,(H,27,31). The Kier molecular flexibility index (Phi) is 7.01. The Bertz CT molecular complexity index is 1250. The van der Waals surface area contributed by atoms with Gasteiger partial charge in [-0.05, 0) is 85.6 Å². The smallest absolute Gasteiger partial charge is 0.234 e. The number of amides is 1. The third-order valence-corrected chi connectivity index (χ3v) is 6.09. The predicted octanol–water partition coefficient (Wildman–Crippen LogP) is 5.94. The Balaban J connectivity index is 1.60. The molecule has 0 radical (unpaired) electrons. The van der Waals surface area contributed by atoms with E-state index in [-0.39, 0.29) is 11.7 Å². The number of carbonyl (C=O) groups excluding carboxylic acids is 1. The first-order chi connectivity index (χ1) is 15.9. The maximum atomic E-state index is 12.6. The molecule has 0 fully saturated rings. The third kappa shape index (κ3) is 5.56. The van der Waals surface area contributed by atoms with Crippen LogP contribution in [-0.2, 0) is 4.79 Å². The lowest BCUT2D eigenvalue weighted by atomic mass is 10.1. The van der Waals surface area contributed by atoms with Crippen LogP contribution in [0.3, 0.4) is 0 Å². The van der Waals surface area contributed by atoms with Crippen LogP contribution in [0.15, 0.2) is 71.9 Å². The molecule has 168 valence electrons. The summed E-state index contributed by atoms with van der Waals surface area (Å²) in [4.78, 5) is 12.6. The van der Waals surface area contributed by atoms with Gasteiger partial charge in [0.1, 0.15) is 5.75 Å². The molecule has 1 amide bonds. The lowest BCUT2D eigenvalue weighted by molar-refractivity contribution is -0.113. The van der Waals surface area contributed by atoms with Gasteiger partial charge in [0.15, 0.2) is 11.0 Å². The first kappa shape index (κ1) is 22.9. The second-order valence-corrected chi connectivity index (χ2v) is 8.94. The van der Waals surface area contributed by atoms with Gasteiger partial charge in [0.25, 0.3) is 0 Å². The summed E-state index contributed by atoms with van der Waals surface area (Å²) in [6, 6.07) is 21.0. The molecule has 0 saturated heterocycles. The molecule has 8 heteroatoms. The number of carbonyl (C=O) groups is 1. The summed E-state index contributed by atoms with van der Waals surface area (Å²) in [5, 5.41) is 13.0. The molecule has 0 bridgehead atoms. The number of anilines is 1. The number of aromatic nitrogens is 3. The molecule has 33 heavy (non-hydrogen) atoms. The van der Waals surface area contributed by atoms with Gasteiger partial charge in [0, 0.05) is 22.0 Å². The molecular formula is C25H23ClN4O2S. The second-order valence-electron chi connectivity index (χ2n) is 7.56. The van der Waals surface area contributed by atoms with Gasteiger partial charge < -0.3 is 10.1 Å². The van der Waals surface area contributed by atoms with Gasteiger partial charge in [0.05, 0.1) is 12.9 Å². The number of benzene rings is 3. The van der Waals surface area contributed by atoms with E-state index in [1.54, 1.807) is 7.11 Å². The van der Waals surface area contributed by atoms with Crippen molar-refractivity contribution in [1.29, 1.82) is 0 Å². The van der Waals surface area contributed by atoms with Crippen LogP contribution in [0.1, 0.15) is 11.1 Å². The van der Waals surface area contributed by atoms with Crippen molar-refractivity contribution in [3.05, 3.63) is 82.9 Å². The number of thioether (sulfide) groups is 1. The Morgan fingerprint density at radius 3 is 2.30 bits per heavy atom. The van der Waals surface area contributed by atoms with Crippen molar-refractivity contribution in [2.75, 3.05) is 18.2 Å². The second kappa shape index (κ2) is 10.1. The van der Waals surface area contributed by atoms with Crippen LogP contribution in [-0.4, -0.2) is 33.5 Å². The Labute approximate surface area is 202 Å². The molecule has 0 spiro atoms. The lowest BCUT2D eigenvalue weighted by Gasteiger charge is -2.11. The summed E-state index contributed by atoms with van der Waals surface area (Å²) in [6.07, 6.45) is 0. The normalized spacial score (nSPS) is 10.8. The minimum atomic E-state index is -0.109. The minimum Gasteiger partial charge on any atom is -0.497 e. The minimum absolute atomic E-state index is 0.109. The molecule has 0 atom stereocenters. The molecule has 3 aromatic carbocycles. The van der Waals surface area contributed by atoms with Crippen molar-refractivity contribution in [1.82, 2.24) is 14.8 Å². The Morgan fingerprint density at radius 1 is 1.00 bits per heavy atom. The fourth-order valence-electron chi connectivity index (χ4n) is 3.49. The zero-order valence-corrected chi connectivity index (χ0v) is 20.1. The molecule has 1 aromatic heterocycles. The van der Waals surface area contributed by atoms with Crippen molar-refractivity contribution >= 4 is 35.0 Å². The first-order valence-corrected chi connectivity index (χ1v) is 11.7. The van der Waals surface area contributed by atoms with Crippen LogP contribution in [0.2, 0.25) is 5.02 Å². The molecule has 0 aliphatic heterocycles. The maximum absolute atomic E-state index is 12.6. The van der Waals surface area contributed by atoms with Crippen LogP contribution in [0, 0.1) is 13.8 Å². The molecular weight excluding hydrogens is 456 g/mol. The fraction of sp³-hybridized carbons (Fsp3) is 0.160. The number of nitrogens with zero attached hydrogens (tertiary/aromatic N) is 3. The lowest BCUT2D eigenvalue weighted by Crippen LogP contribution is -2.14. The quantitative estimate of drug-likeness (QED) is 0.333. The molecule has 0 saturated carbocycles. The van der Waals surface area contributed by atoms with E-state index in [1.807, 2.05) is 79.1 Å². The van der Waals surface area contributed by atoms with Crippen LogP contribution in [0.4, 0.5) is 5.69 Å². The van der Waals surface area contributed by atoms with E-state index in [4.69, 9.17) is 16.3 Å². The topological polar surface area (TPSA) is 69.0 Å². The van der Waals surface area contributed by atoms with Crippen molar-refractivity contribution in [2.24, 2.45) is 0 Å². The molecule has 6 nitrogen and oxygen atoms in total. The third-order valence-electron chi connectivity index (χ3n) is 4.90. The summed E-state index contributed by atoms with van der Waals surface area (Å²) >= 11 is 7.39. The summed E-state index contributed by atoms with van der Waals surface area (Å²) in [5.74, 6) is 1.50. The molecule has 0 aliphatic rings. The highest BCUT2D eigenvalue weighted by molar-refractivity contribution is 7.99. The number of hydrogen-bond donors (Lipinski definition) is 1. The summed E-state index contributed by atoms with van der Waals surface area (Å²) in [5.41, 5.74) is 4.73. The zero-order valence-electron chi connectivity index (χ0n) is 18.5. The summed E-state index contributed by atoms with van der Waals surface area (Å²) in [6.45, 7) is 4.01. The predicted molar refractivity (Wildman–Crippen MR) is 134 cm³/mol. The number of aryl methyl sites for hydroxylation is 2. The van der Waals surface area contributed by atoms with Crippen LogP contribution in [0.5, 0.6) is 5.75 Å². The van der Waals surface area contributed by atoms with E-state index in [9.17, 15) is 4.79 Å². The first-order valence-electron chi connectivity index (χ1n) is 10.3. The van der Waals surface area contributed by atoms with Crippen LogP contribution < -0.4 is 10.1 Å². The zero-order chi connectivity index (χ0) is 23.4. The van der Waals surface area contributed by atoms with Gasteiger partial charge in [-0.25, -0.2) is 0 Å². The van der Waals surface area contributed by atoms with E-state index < -0.39 is 0 Å². The SMILES string of the molecule is COc1ccc(-n2c(SCC(=O)Nc3cc(C)cc(C)c3)nnc2-c2ccc(Cl)cc2)cc1. The number of hydrogen-bond acceptors (Lipinski definition) is 5. The van der Waals surface area contributed by atoms with Crippen LogP contribution in [0.25, 0.3) is 17.1 Å². The average Bonchev–Trinajstić information content (AvgIpc) is 3.21. The molecule has 0 unspecified atom stereocenters. The van der Waals surface area contributed by atoms with Crippen molar-refractivity contribution < 1.29 is 9.53 Å². The van der Waals surface area contributed by atoms with E-state index in [0.29, 0.717) is 16.0 Å². The Morgan fingerprint density at radius 2 is 1.67 bits per heavy atom. The summed E-state index contributed by atoms with van der Waals surface area (Å²) < 4.78 is 7.21. The van der Waals surface area contributed by atoms with Gasteiger partial charge >= 0.3 is 0 Å². The van der Waals surface area contributed by atoms with E-state index in [0.717, 1.165) is 33.8 Å². The number of nitrogens with one attached hydrogen (secondary N) is 1. The fourth-order valence-corrected chi connectivity index (χ4v) is 4.37. The highest BCUT2D eigenvalue weighted by atomic mass is 35.5. The monoisotopic (exact) mass is 478 g/mol. The van der Waals surface area contributed by atoms with E-state index >= 15 is 0 Å². The largest absolute Gasteiger partial charge is 0.497 e. The maximum Gasteiger partial charge on any atom is 0.234 e. The number of rotatable bonds is 7. The highest BCUT2D eigenvalue weighted by Gasteiger charge is 2.18. The Hall–Kier alpha value is -3.29. The molecule has 0 aliphatic carbocycles. The number of ether oxygens (including phenoxy) is 1. The van der Waals surface area contributed by atoms with Crippen LogP contribution >= 0.6 is 23.4 Å². The van der Waals surface area contributed by atoms with Gasteiger partial charge in [-0.2, -0.15) is 0 Å². The average molecular weight is 479 g/mol. The van der Waals surface area contributed by atoms with Crippen molar-refractivity contribution in [2.45, 2.75) is 19.0 Å². The molecule has 1 N–H and O–H groups in total. The van der Waals surface area contributed by atoms with Gasteiger partial charge in [-0.15, -0.1) is 10.2 Å². The van der Waals surface area contributed by atoms with Gasteiger partial charge in [-0.1, -0.05) is 29.4 Å². The number of halogens is 1. The molecule has 4 rings (SSSR count). The van der Waals surface area contributed by atoms with E-state index in [2.05, 4.69) is 21.6 Å². The van der Waals surface area contributed by atoms with Gasteiger partial charge in [0.2, 0.25) is 5.91 Å². The van der Waals surface area contributed by atoms with E-state index in [1.165, 1.54) is 11.8 Å². The molecule has 4 aromatic rings. The van der Waals surface area contributed by atoms with Crippen molar-refractivity contribution in [3.63, 3.8) is 0 Å². The van der Waals surface area contributed by atoms with Gasteiger partial charge in [-0.3, -0.25) is 9.36 Å². The number of methoxy groups -OCH3 is 1.